The molecule has 1 aliphatic rings. The lowest BCUT2D eigenvalue weighted by molar-refractivity contribution is 0.0453. The predicted octanol–water partition coefficient (Wildman–Crippen LogP) is 2.54. The van der Waals surface area contributed by atoms with E-state index in [0.29, 0.717) is 12.6 Å². The molecule has 24 heavy (non-hydrogen) atoms. The number of hydrogen-bond acceptors (Lipinski definition) is 5. The van der Waals surface area contributed by atoms with Crippen molar-refractivity contribution in [1.29, 1.82) is 0 Å². The second-order valence-corrected chi connectivity index (χ2v) is 8.47. The van der Waals surface area contributed by atoms with E-state index in [0.717, 1.165) is 12.8 Å². The van der Waals surface area contributed by atoms with Gasteiger partial charge >= 0.3 is 12.2 Å². The van der Waals surface area contributed by atoms with Gasteiger partial charge in [0.1, 0.15) is 11.2 Å². The second kappa shape index (κ2) is 8.05. The molecule has 0 bridgehead atoms. The molecule has 0 spiro atoms. The van der Waals surface area contributed by atoms with Crippen LogP contribution >= 0.6 is 0 Å². The summed E-state index contributed by atoms with van der Waals surface area (Å²) in [6, 6.07) is 0.456. The average molecular weight is 343 g/mol. The molecule has 1 rings (SSSR count). The zero-order chi connectivity index (χ0) is 18.5. The number of ether oxygens (including phenoxy) is 2. The molecule has 0 aliphatic heterocycles. The molecule has 7 nitrogen and oxygen atoms in total. The van der Waals surface area contributed by atoms with Gasteiger partial charge in [-0.05, 0) is 61.3 Å². The molecule has 0 aromatic heterocycles. The summed E-state index contributed by atoms with van der Waals surface area (Å²) in [5, 5.41) is 9.03. The van der Waals surface area contributed by atoms with Crippen LogP contribution in [0.1, 0.15) is 61.3 Å². The summed E-state index contributed by atoms with van der Waals surface area (Å²) in [5.41, 5.74) is -0.972. The van der Waals surface area contributed by atoms with Crippen molar-refractivity contribution in [2.24, 2.45) is 0 Å². The van der Waals surface area contributed by atoms with Gasteiger partial charge in [-0.25, -0.2) is 9.59 Å². The molecule has 140 valence electrons. The van der Waals surface area contributed by atoms with Gasteiger partial charge in [0.15, 0.2) is 0 Å². The van der Waals surface area contributed by atoms with Gasteiger partial charge in [0, 0.05) is 24.7 Å². The fourth-order valence-electron chi connectivity index (χ4n) is 2.28. The van der Waals surface area contributed by atoms with Gasteiger partial charge < -0.3 is 25.4 Å². The minimum atomic E-state index is -0.494. The zero-order valence-electron chi connectivity index (χ0n) is 16.0. The number of carbonyl (C=O) groups excluding carboxylic acids is 2. The number of nitrogens with one attached hydrogen (secondary N) is 3. The number of amides is 2. The van der Waals surface area contributed by atoms with E-state index in [2.05, 4.69) is 16.0 Å². The molecule has 7 heteroatoms. The van der Waals surface area contributed by atoms with Crippen molar-refractivity contribution in [3.8, 4) is 0 Å². The van der Waals surface area contributed by atoms with Crippen LogP contribution in [0.4, 0.5) is 9.59 Å². The van der Waals surface area contributed by atoms with Gasteiger partial charge in [0.2, 0.25) is 0 Å². The third-order valence-electron chi connectivity index (χ3n) is 3.33. The van der Waals surface area contributed by atoms with Crippen molar-refractivity contribution in [2.45, 2.75) is 90.6 Å². The lowest BCUT2D eigenvalue weighted by Crippen LogP contribution is -2.55. The first kappa shape index (κ1) is 20.5. The summed E-state index contributed by atoms with van der Waals surface area (Å²) in [7, 11) is 0. The quantitative estimate of drug-likeness (QED) is 0.714. The van der Waals surface area contributed by atoms with Crippen molar-refractivity contribution in [3.05, 3.63) is 0 Å². The first-order valence-corrected chi connectivity index (χ1v) is 8.56. The van der Waals surface area contributed by atoms with Crippen LogP contribution in [-0.4, -0.2) is 48.1 Å². The van der Waals surface area contributed by atoms with E-state index in [9.17, 15) is 9.59 Å². The van der Waals surface area contributed by atoms with Crippen LogP contribution in [0.2, 0.25) is 0 Å². The van der Waals surface area contributed by atoms with E-state index in [-0.39, 0.29) is 18.2 Å². The van der Waals surface area contributed by atoms with Crippen molar-refractivity contribution in [1.82, 2.24) is 16.0 Å². The van der Waals surface area contributed by atoms with E-state index in [1.54, 1.807) is 0 Å². The van der Waals surface area contributed by atoms with Crippen LogP contribution in [0.15, 0.2) is 0 Å². The molecule has 0 aromatic carbocycles. The summed E-state index contributed by atoms with van der Waals surface area (Å²) in [5.74, 6) is 0. The predicted molar refractivity (Wildman–Crippen MR) is 93.0 cm³/mol. The van der Waals surface area contributed by atoms with E-state index in [4.69, 9.17) is 9.47 Å². The Morgan fingerprint density at radius 1 is 0.958 bits per heavy atom. The number of hydrogen-bond donors (Lipinski definition) is 3. The molecule has 0 heterocycles. The maximum absolute atomic E-state index is 11.7. The summed E-state index contributed by atoms with van der Waals surface area (Å²) in [4.78, 5) is 23.3. The highest BCUT2D eigenvalue weighted by molar-refractivity contribution is 5.68. The summed E-state index contributed by atoms with van der Waals surface area (Å²) in [6.07, 6.45) is 0.942. The van der Waals surface area contributed by atoms with Gasteiger partial charge in [-0.1, -0.05) is 0 Å². The molecule has 1 atom stereocenters. The number of alkyl carbamates (subject to hydrolysis) is 2. The van der Waals surface area contributed by atoms with E-state index >= 15 is 0 Å². The number of carbonyl (C=O) groups is 2. The van der Waals surface area contributed by atoms with Crippen molar-refractivity contribution < 1.29 is 19.1 Å². The van der Waals surface area contributed by atoms with Crippen LogP contribution in [0.5, 0.6) is 0 Å². The molecular weight excluding hydrogens is 310 g/mol. The van der Waals surface area contributed by atoms with Crippen molar-refractivity contribution in [2.75, 3.05) is 6.54 Å². The maximum atomic E-state index is 11.7. The lowest BCUT2D eigenvalue weighted by atomic mass is 9.87. The van der Waals surface area contributed by atoms with Crippen LogP contribution in [0.3, 0.4) is 0 Å². The zero-order valence-corrected chi connectivity index (χ0v) is 16.0. The Bertz CT molecular complexity index is 434. The van der Waals surface area contributed by atoms with Crippen molar-refractivity contribution in [3.63, 3.8) is 0 Å². The van der Waals surface area contributed by atoms with E-state index in [1.807, 2.05) is 48.5 Å². The highest BCUT2D eigenvalue weighted by Crippen LogP contribution is 2.20. The highest BCUT2D eigenvalue weighted by atomic mass is 16.6. The Labute approximate surface area is 145 Å². The molecule has 1 saturated carbocycles. The SMILES string of the molecule is CC(CNC1CC(NC(=O)OC(C)(C)C)C1)NC(=O)OC(C)(C)C. The van der Waals surface area contributed by atoms with Crippen LogP contribution < -0.4 is 16.0 Å². The van der Waals surface area contributed by atoms with Gasteiger partial charge in [-0.15, -0.1) is 0 Å². The minimum absolute atomic E-state index is 0.0299. The molecule has 1 unspecified atom stereocenters. The van der Waals surface area contributed by atoms with Gasteiger partial charge in [-0.3, -0.25) is 0 Å². The fourth-order valence-corrected chi connectivity index (χ4v) is 2.28. The largest absolute Gasteiger partial charge is 0.444 e. The molecule has 0 aromatic rings. The molecular formula is C17H33N3O4. The summed E-state index contributed by atoms with van der Waals surface area (Å²) >= 11 is 0. The Morgan fingerprint density at radius 2 is 1.46 bits per heavy atom. The Hall–Kier alpha value is -1.50. The third kappa shape index (κ3) is 8.96. The van der Waals surface area contributed by atoms with Gasteiger partial charge in [-0.2, -0.15) is 0 Å². The normalized spacial score (nSPS) is 22.1. The summed E-state index contributed by atoms with van der Waals surface area (Å²) in [6.45, 7) is 13.6. The van der Waals surface area contributed by atoms with Gasteiger partial charge in [0.25, 0.3) is 0 Å². The van der Waals surface area contributed by atoms with Crippen LogP contribution in [0.25, 0.3) is 0 Å². The smallest absolute Gasteiger partial charge is 0.407 e. The molecule has 0 radical (unpaired) electrons. The lowest BCUT2D eigenvalue weighted by Gasteiger charge is -2.37. The first-order valence-electron chi connectivity index (χ1n) is 8.56. The first-order chi connectivity index (χ1) is 10.8. The molecule has 1 aliphatic carbocycles. The minimum Gasteiger partial charge on any atom is -0.444 e. The van der Waals surface area contributed by atoms with Crippen LogP contribution in [0, 0.1) is 0 Å². The fraction of sp³-hybridized carbons (Fsp3) is 0.882. The average Bonchev–Trinajstić information content (AvgIpc) is 2.26. The second-order valence-electron chi connectivity index (χ2n) is 8.47. The molecule has 1 fully saturated rings. The molecule has 0 saturated heterocycles. The Morgan fingerprint density at radius 3 is 1.96 bits per heavy atom. The third-order valence-corrected chi connectivity index (χ3v) is 3.33. The van der Waals surface area contributed by atoms with Gasteiger partial charge in [0.05, 0.1) is 0 Å². The standard InChI is InChI=1S/C17H33N3O4/c1-11(19-14(21)23-16(2,3)4)10-18-12-8-13(9-12)20-15(22)24-17(5,6)7/h11-13,18H,8-10H2,1-7H3,(H,19,21)(H,20,22). The monoisotopic (exact) mass is 343 g/mol. The Balaban J connectivity index is 2.14. The topological polar surface area (TPSA) is 88.7 Å². The molecule has 2 amide bonds. The molecule has 3 N–H and O–H groups in total. The van der Waals surface area contributed by atoms with Crippen molar-refractivity contribution >= 4 is 12.2 Å². The van der Waals surface area contributed by atoms with E-state index < -0.39 is 17.3 Å². The van der Waals surface area contributed by atoms with Crippen LogP contribution in [-0.2, 0) is 9.47 Å². The number of rotatable bonds is 5. The maximum Gasteiger partial charge on any atom is 0.407 e. The highest BCUT2D eigenvalue weighted by Gasteiger charge is 2.31. The Kier molecular flexibility index (Phi) is 6.89. The summed E-state index contributed by atoms with van der Waals surface area (Å²) < 4.78 is 10.4. The van der Waals surface area contributed by atoms with E-state index in [1.165, 1.54) is 0 Å².